The van der Waals surface area contributed by atoms with Crippen molar-refractivity contribution < 1.29 is 27.5 Å². The summed E-state index contributed by atoms with van der Waals surface area (Å²) in [7, 11) is -3.54. The summed E-state index contributed by atoms with van der Waals surface area (Å²) in [4.78, 5) is 23.8. The molecule has 2 aliphatic rings. The van der Waals surface area contributed by atoms with Crippen molar-refractivity contribution in [2.45, 2.75) is 24.3 Å². The van der Waals surface area contributed by atoms with Gasteiger partial charge < -0.3 is 20.1 Å². The molecule has 2 aromatic carbocycles. The van der Waals surface area contributed by atoms with E-state index in [1.54, 1.807) is 36.4 Å². The minimum absolute atomic E-state index is 0.00252. The number of ether oxygens (including phenoxy) is 2. The molecule has 0 unspecified atom stereocenters. The highest BCUT2D eigenvalue weighted by Crippen LogP contribution is 2.26. The molecule has 170 valence electrons. The molecular weight excluding hydrogens is 434 g/mol. The Hall–Kier alpha value is -2.95. The largest absolute Gasteiger partial charge is 0.484 e. The Labute approximate surface area is 186 Å². The molecule has 2 amide bonds. The Balaban J connectivity index is 1.26. The molecule has 2 aliphatic heterocycles. The first-order chi connectivity index (χ1) is 15.4. The predicted molar refractivity (Wildman–Crippen MR) is 117 cm³/mol. The number of sulfonamides is 1. The van der Waals surface area contributed by atoms with E-state index in [1.165, 1.54) is 4.31 Å². The van der Waals surface area contributed by atoms with Gasteiger partial charge in [-0.3, -0.25) is 9.59 Å². The van der Waals surface area contributed by atoms with Crippen molar-refractivity contribution in [2.24, 2.45) is 0 Å². The third kappa shape index (κ3) is 5.26. The summed E-state index contributed by atoms with van der Waals surface area (Å²) in [5, 5.41) is 5.56. The summed E-state index contributed by atoms with van der Waals surface area (Å²) < 4.78 is 37.5. The number of carbonyl (C=O) groups is 2. The number of anilines is 1. The maximum atomic E-state index is 12.7. The molecule has 0 aliphatic carbocycles. The van der Waals surface area contributed by atoms with E-state index in [1.807, 2.05) is 6.07 Å². The first kappa shape index (κ1) is 22.3. The van der Waals surface area contributed by atoms with Crippen LogP contribution in [0.1, 0.15) is 17.5 Å². The molecule has 4 rings (SSSR count). The van der Waals surface area contributed by atoms with Crippen molar-refractivity contribution in [3.63, 3.8) is 0 Å². The normalized spacial score (nSPS) is 16.7. The minimum Gasteiger partial charge on any atom is -0.484 e. The molecule has 0 atom stereocenters. The number of hydrogen-bond donors (Lipinski definition) is 2. The standard InChI is InChI=1S/C22H25N3O6S/c26-21-8-3-17-13-18(4-7-20(17)24-21)31-15-22(27)23-14-16-1-5-19(6-2-16)32(28,29)25-9-11-30-12-10-25/h1-2,4-7,13H,3,8-12,14-15H2,(H,23,27)(H,24,26). The van der Waals surface area contributed by atoms with Gasteiger partial charge in [-0.25, -0.2) is 8.42 Å². The van der Waals surface area contributed by atoms with Gasteiger partial charge in [-0.2, -0.15) is 4.31 Å². The Morgan fingerprint density at radius 2 is 1.84 bits per heavy atom. The van der Waals surface area contributed by atoms with Gasteiger partial charge in [0.2, 0.25) is 15.9 Å². The Bertz CT molecular complexity index is 1100. The van der Waals surface area contributed by atoms with Crippen LogP contribution in [0.2, 0.25) is 0 Å². The van der Waals surface area contributed by atoms with Gasteiger partial charge in [-0.05, 0) is 47.9 Å². The highest BCUT2D eigenvalue weighted by Gasteiger charge is 2.26. The van der Waals surface area contributed by atoms with Crippen LogP contribution >= 0.6 is 0 Å². The first-order valence-electron chi connectivity index (χ1n) is 10.4. The zero-order valence-electron chi connectivity index (χ0n) is 17.5. The SMILES string of the molecule is O=C(COc1ccc2c(c1)CCC(=O)N2)NCc1ccc(S(=O)(=O)N2CCOCC2)cc1. The van der Waals surface area contributed by atoms with E-state index in [2.05, 4.69) is 10.6 Å². The average Bonchev–Trinajstić information content (AvgIpc) is 2.82. The molecular formula is C22H25N3O6S. The van der Waals surface area contributed by atoms with E-state index in [-0.39, 0.29) is 29.9 Å². The highest BCUT2D eigenvalue weighted by molar-refractivity contribution is 7.89. The lowest BCUT2D eigenvalue weighted by Gasteiger charge is -2.26. The molecule has 10 heteroatoms. The summed E-state index contributed by atoms with van der Waals surface area (Å²) in [5.41, 5.74) is 2.54. The second kappa shape index (κ2) is 9.68. The third-order valence-electron chi connectivity index (χ3n) is 5.36. The van der Waals surface area contributed by atoms with Crippen molar-refractivity contribution >= 4 is 27.5 Å². The van der Waals surface area contributed by atoms with Crippen molar-refractivity contribution in [3.05, 3.63) is 53.6 Å². The lowest BCUT2D eigenvalue weighted by atomic mass is 10.0. The number of nitrogens with zero attached hydrogens (tertiary/aromatic N) is 1. The third-order valence-corrected chi connectivity index (χ3v) is 7.28. The minimum atomic E-state index is -3.54. The van der Waals surface area contributed by atoms with E-state index in [0.717, 1.165) is 16.8 Å². The topological polar surface area (TPSA) is 114 Å². The van der Waals surface area contributed by atoms with Gasteiger partial charge in [-0.15, -0.1) is 0 Å². The van der Waals surface area contributed by atoms with Crippen molar-refractivity contribution in [1.29, 1.82) is 0 Å². The number of amides is 2. The maximum Gasteiger partial charge on any atom is 0.258 e. The molecule has 1 fully saturated rings. The lowest BCUT2D eigenvalue weighted by molar-refractivity contribution is -0.123. The van der Waals surface area contributed by atoms with Crippen LogP contribution in [0.15, 0.2) is 47.4 Å². The highest BCUT2D eigenvalue weighted by atomic mass is 32.2. The van der Waals surface area contributed by atoms with Gasteiger partial charge in [0.15, 0.2) is 6.61 Å². The summed E-state index contributed by atoms with van der Waals surface area (Å²) in [5.74, 6) is 0.269. The molecule has 2 heterocycles. The second-order valence-electron chi connectivity index (χ2n) is 7.59. The number of aryl methyl sites for hydroxylation is 1. The van der Waals surface area contributed by atoms with E-state index in [0.29, 0.717) is 44.9 Å². The molecule has 0 bridgehead atoms. The fourth-order valence-corrected chi connectivity index (χ4v) is 4.97. The van der Waals surface area contributed by atoms with E-state index >= 15 is 0 Å². The van der Waals surface area contributed by atoms with E-state index in [9.17, 15) is 18.0 Å². The van der Waals surface area contributed by atoms with Crippen LogP contribution < -0.4 is 15.4 Å². The molecule has 1 saturated heterocycles. The van der Waals surface area contributed by atoms with Crippen LogP contribution in [0.3, 0.4) is 0 Å². The van der Waals surface area contributed by atoms with Crippen LogP contribution in [0.25, 0.3) is 0 Å². The number of hydrogen-bond acceptors (Lipinski definition) is 6. The van der Waals surface area contributed by atoms with Gasteiger partial charge >= 0.3 is 0 Å². The second-order valence-corrected chi connectivity index (χ2v) is 9.53. The van der Waals surface area contributed by atoms with Crippen molar-refractivity contribution in [1.82, 2.24) is 9.62 Å². The van der Waals surface area contributed by atoms with Crippen LogP contribution in [0.4, 0.5) is 5.69 Å². The molecule has 0 radical (unpaired) electrons. The van der Waals surface area contributed by atoms with Crippen LogP contribution in [0, 0.1) is 0 Å². The predicted octanol–water partition coefficient (Wildman–Crippen LogP) is 1.29. The Morgan fingerprint density at radius 3 is 2.59 bits per heavy atom. The molecule has 0 aromatic heterocycles. The number of rotatable bonds is 7. The van der Waals surface area contributed by atoms with Crippen LogP contribution in [0.5, 0.6) is 5.75 Å². The first-order valence-corrected chi connectivity index (χ1v) is 11.8. The van der Waals surface area contributed by atoms with Gasteiger partial charge in [-0.1, -0.05) is 12.1 Å². The molecule has 0 spiro atoms. The molecule has 32 heavy (non-hydrogen) atoms. The maximum absolute atomic E-state index is 12.7. The average molecular weight is 460 g/mol. The summed E-state index contributed by atoms with van der Waals surface area (Å²) in [6.45, 7) is 1.60. The summed E-state index contributed by atoms with van der Waals surface area (Å²) in [6, 6.07) is 11.8. The smallest absolute Gasteiger partial charge is 0.258 e. The monoisotopic (exact) mass is 459 g/mol. The Morgan fingerprint density at radius 1 is 1.09 bits per heavy atom. The van der Waals surface area contributed by atoms with Gasteiger partial charge in [0.1, 0.15) is 5.75 Å². The zero-order chi connectivity index (χ0) is 22.6. The molecule has 0 saturated carbocycles. The van der Waals surface area contributed by atoms with Crippen LogP contribution in [-0.4, -0.2) is 57.4 Å². The number of fused-ring (bicyclic) bond motifs is 1. The number of morpholine rings is 1. The fraction of sp³-hybridized carbons (Fsp3) is 0.364. The molecule has 9 nitrogen and oxygen atoms in total. The summed E-state index contributed by atoms with van der Waals surface area (Å²) in [6.07, 6.45) is 1.07. The molecule has 2 N–H and O–H groups in total. The van der Waals surface area contributed by atoms with Gasteiger partial charge in [0.05, 0.1) is 18.1 Å². The van der Waals surface area contributed by atoms with Crippen molar-refractivity contribution in [3.8, 4) is 5.75 Å². The van der Waals surface area contributed by atoms with Crippen LogP contribution in [-0.2, 0) is 37.3 Å². The number of carbonyl (C=O) groups excluding carboxylic acids is 2. The Kier molecular flexibility index (Phi) is 6.73. The molecule has 2 aromatic rings. The number of nitrogens with one attached hydrogen (secondary N) is 2. The van der Waals surface area contributed by atoms with E-state index < -0.39 is 10.0 Å². The zero-order valence-corrected chi connectivity index (χ0v) is 18.3. The number of benzene rings is 2. The lowest BCUT2D eigenvalue weighted by Crippen LogP contribution is -2.40. The van der Waals surface area contributed by atoms with Crippen molar-refractivity contribution in [2.75, 3.05) is 38.2 Å². The fourth-order valence-electron chi connectivity index (χ4n) is 3.57. The van der Waals surface area contributed by atoms with Gasteiger partial charge in [0.25, 0.3) is 5.91 Å². The summed E-state index contributed by atoms with van der Waals surface area (Å²) >= 11 is 0. The van der Waals surface area contributed by atoms with Gasteiger partial charge in [0, 0.05) is 31.7 Å². The quantitative estimate of drug-likeness (QED) is 0.645. The van der Waals surface area contributed by atoms with E-state index in [4.69, 9.17) is 9.47 Å².